The van der Waals surface area contributed by atoms with Gasteiger partial charge in [0.05, 0.1) is 22.6 Å². The molecule has 0 fully saturated rings. The minimum absolute atomic E-state index is 0.0187. The van der Waals surface area contributed by atoms with Gasteiger partial charge in [0.2, 0.25) is 0 Å². The summed E-state index contributed by atoms with van der Waals surface area (Å²) in [5.74, 6) is 6.22. The summed E-state index contributed by atoms with van der Waals surface area (Å²) in [5, 5.41) is 0. The molecule has 0 spiro atoms. The van der Waals surface area contributed by atoms with Crippen molar-refractivity contribution >= 4 is 9.84 Å². The lowest BCUT2D eigenvalue weighted by atomic mass is 10.2. The first kappa shape index (κ1) is 16.5. The van der Waals surface area contributed by atoms with Gasteiger partial charge in [0, 0.05) is 0 Å². The van der Waals surface area contributed by atoms with Gasteiger partial charge in [-0.1, -0.05) is 24.0 Å². The Morgan fingerprint density at radius 1 is 1.25 bits per heavy atom. The molecule has 110 valence electrons. The van der Waals surface area contributed by atoms with Crippen LogP contribution in [0.4, 0.5) is 0 Å². The Morgan fingerprint density at radius 3 is 2.50 bits per heavy atom. The van der Waals surface area contributed by atoms with Crippen LogP contribution in [-0.4, -0.2) is 32.1 Å². The molecule has 0 atom stereocenters. The van der Waals surface area contributed by atoms with E-state index < -0.39 is 14.6 Å². The van der Waals surface area contributed by atoms with Gasteiger partial charge in [-0.2, -0.15) is 0 Å². The zero-order chi connectivity index (χ0) is 15.2. The summed E-state index contributed by atoms with van der Waals surface area (Å²) < 4.78 is 28.7. The number of benzene rings is 1. The van der Waals surface area contributed by atoms with Crippen LogP contribution in [0, 0.1) is 11.8 Å². The fraction of sp³-hybridized carbons (Fsp3) is 0.467. The number of ether oxygens (including phenoxy) is 1. The third-order valence-corrected chi connectivity index (χ3v) is 5.32. The number of sulfone groups is 1. The number of hydrogen-bond acceptors (Lipinski definition) is 4. The largest absolute Gasteiger partial charge is 0.491 e. The summed E-state index contributed by atoms with van der Waals surface area (Å²) in [6.07, 6.45) is 0. The Labute approximate surface area is 121 Å². The topological polar surface area (TPSA) is 69.4 Å². The van der Waals surface area contributed by atoms with Crippen LogP contribution in [0.1, 0.15) is 26.3 Å². The average molecular weight is 295 g/mol. The molecule has 1 rings (SSSR count). The van der Waals surface area contributed by atoms with Crippen LogP contribution in [0.15, 0.2) is 24.3 Å². The van der Waals surface area contributed by atoms with Crippen LogP contribution in [0.3, 0.4) is 0 Å². The molecule has 0 saturated heterocycles. The Balaban J connectivity index is 2.73. The summed E-state index contributed by atoms with van der Waals surface area (Å²) in [6.45, 7) is 5.43. The summed E-state index contributed by atoms with van der Waals surface area (Å²) in [5.41, 5.74) is 6.05. The van der Waals surface area contributed by atoms with E-state index in [9.17, 15) is 8.42 Å². The highest BCUT2D eigenvalue weighted by Crippen LogP contribution is 2.19. The quantitative estimate of drug-likeness (QED) is 0.856. The molecule has 1 aromatic carbocycles. The molecule has 1 aromatic rings. The third kappa shape index (κ3) is 4.55. The molecule has 4 nitrogen and oxygen atoms in total. The first-order chi connectivity index (χ1) is 9.28. The van der Waals surface area contributed by atoms with E-state index >= 15 is 0 Å². The summed E-state index contributed by atoms with van der Waals surface area (Å²) in [4.78, 5) is 0. The minimum Gasteiger partial charge on any atom is -0.491 e. The SMILES string of the molecule is CC(C)(C)S(=O)(=O)CCOc1ccccc1C#CCN. The first-order valence-corrected chi connectivity index (χ1v) is 8.06. The molecule has 0 unspecified atom stereocenters. The van der Waals surface area contributed by atoms with E-state index in [1.54, 1.807) is 26.8 Å². The standard InChI is InChI=1S/C15H21NO3S/c1-15(2,3)20(17,18)12-11-19-14-9-5-4-7-13(14)8-6-10-16/h4-5,7,9H,10-12,16H2,1-3H3. The lowest BCUT2D eigenvalue weighted by Crippen LogP contribution is -2.32. The maximum atomic E-state index is 12.0. The highest BCUT2D eigenvalue weighted by atomic mass is 32.2. The lowest BCUT2D eigenvalue weighted by molar-refractivity contribution is 0.339. The number of rotatable bonds is 4. The lowest BCUT2D eigenvalue weighted by Gasteiger charge is -2.19. The average Bonchev–Trinajstić information content (AvgIpc) is 2.36. The maximum absolute atomic E-state index is 12.0. The molecule has 2 N–H and O–H groups in total. The van der Waals surface area contributed by atoms with Gasteiger partial charge in [0.25, 0.3) is 0 Å². The Kier molecular flexibility index (Phi) is 5.61. The number of para-hydroxylation sites is 1. The molecule has 20 heavy (non-hydrogen) atoms. The van der Waals surface area contributed by atoms with E-state index in [1.807, 2.05) is 18.2 Å². The van der Waals surface area contributed by atoms with Crippen LogP contribution >= 0.6 is 0 Å². The first-order valence-electron chi connectivity index (χ1n) is 6.41. The van der Waals surface area contributed by atoms with Crippen LogP contribution < -0.4 is 10.5 Å². The Hall–Kier alpha value is -1.51. The fourth-order valence-electron chi connectivity index (χ4n) is 1.41. The zero-order valence-electron chi connectivity index (χ0n) is 12.1. The molecule has 0 aliphatic carbocycles. The maximum Gasteiger partial charge on any atom is 0.158 e. The predicted molar refractivity (Wildman–Crippen MR) is 81.4 cm³/mol. The second-order valence-corrected chi connectivity index (χ2v) is 8.14. The molecule has 0 aromatic heterocycles. The van der Waals surface area contributed by atoms with Gasteiger partial charge in [0.15, 0.2) is 9.84 Å². The monoisotopic (exact) mass is 295 g/mol. The normalized spacial score (nSPS) is 11.6. The van der Waals surface area contributed by atoms with Gasteiger partial charge in [-0.05, 0) is 32.9 Å². The van der Waals surface area contributed by atoms with Gasteiger partial charge in [0.1, 0.15) is 12.4 Å². The highest BCUT2D eigenvalue weighted by Gasteiger charge is 2.28. The van der Waals surface area contributed by atoms with E-state index in [4.69, 9.17) is 10.5 Å². The molecular formula is C15H21NO3S. The summed E-state index contributed by atoms with van der Waals surface area (Å²) >= 11 is 0. The second-order valence-electron chi connectivity index (χ2n) is 5.28. The van der Waals surface area contributed by atoms with Gasteiger partial charge in [-0.3, -0.25) is 0 Å². The van der Waals surface area contributed by atoms with Crippen molar-refractivity contribution in [3.8, 4) is 17.6 Å². The van der Waals surface area contributed by atoms with Gasteiger partial charge < -0.3 is 10.5 Å². The van der Waals surface area contributed by atoms with E-state index in [1.165, 1.54) is 0 Å². The van der Waals surface area contributed by atoms with Crippen molar-refractivity contribution in [2.75, 3.05) is 18.9 Å². The van der Waals surface area contributed by atoms with Crippen molar-refractivity contribution in [1.29, 1.82) is 0 Å². The predicted octanol–water partition coefficient (Wildman–Crippen LogP) is 1.59. The van der Waals surface area contributed by atoms with E-state index in [2.05, 4.69) is 11.8 Å². The van der Waals surface area contributed by atoms with Crippen LogP contribution in [-0.2, 0) is 9.84 Å². The van der Waals surface area contributed by atoms with Gasteiger partial charge in [-0.15, -0.1) is 0 Å². The van der Waals surface area contributed by atoms with Crippen LogP contribution in [0.25, 0.3) is 0 Å². The van der Waals surface area contributed by atoms with Crippen molar-refractivity contribution < 1.29 is 13.2 Å². The van der Waals surface area contributed by atoms with Crippen LogP contribution in [0.5, 0.6) is 5.75 Å². The van der Waals surface area contributed by atoms with Gasteiger partial charge >= 0.3 is 0 Å². The molecule has 0 aliphatic rings. The molecule has 5 heteroatoms. The van der Waals surface area contributed by atoms with Crippen molar-refractivity contribution in [3.05, 3.63) is 29.8 Å². The molecule has 0 aliphatic heterocycles. The Morgan fingerprint density at radius 2 is 1.90 bits per heavy atom. The van der Waals surface area contributed by atoms with Crippen molar-refractivity contribution in [3.63, 3.8) is 0 Å². The van der Waals surface area contributed by atoms with Crippen LogP contribution in [0.2, 0.25) is 0 Å². The number of nitrogens with two attached hydrogens (primary N) is 1. The van der Waals surface area contributed by atoms with Crippen molar-refractivity contribution in [2.45, 2.75) is 25.5 Å². The van der Waals surface area contributed by atoms with E-state index in [0.29, 0.717) is 11.3 Å². The number of hydrogen-bond donors (Lipinski definition) is 1. The molecular weight excluding hydrogens is 274 g/mol. The molecule has 0 radical (unpaired) electrons. The summed E-state index contributed by atoms with van der Waals surface area (Å²) in [6, 6.07) is 7.25. The smallest absolute Gasteiger partial charge is 0.158 e. The molecule has 0 amide bonds. The van der Waals surface area contributed by atoms with E-state index in [-0.39, 0.29) is 18.9 Å². The third-order valence-electron chi connectivity index (χ3n) is 2.75. The molecule has 0 saturated carbocycles. The fourth-order valence-corrected chi connectivity index (χ4v) is 2.32. The van der Waals surface area contributed by atoms with E-state index in [0.717, 1.165) is 0 Å². The summed E-state index contributed by atoms with van der Waals surface area (Å²) in [7, 11) is -3.18. The van der Waals surface area contributed by atoms with Gasteiger partial charge in [-0.25, -0.2) is 8.42 Å². The molecule has 0 heterocycles. The minimum atomic E-state index is -3.18. The molecule has 0 bridgehead atoms. The zero-order valence-corrected chi connectivity index (χ0v) is 13.0. The Bertz CT molecular complexity index is 604. The highest BCUT2D eigenvalue weighted by molar-refractivity contribution is 7.92. The van der Waals surface area contributed by atoms with Crippen molar-refractivity contribution in [2.24, 2.45) is 5.73 Å². The second kappa shape index (κ2) is 6.78. The van der Waals surface area contributed by atoms with Crippen molar-refractivity contribution in [1.82, 2.24) is 0 Å².